The van der Waals surface area contributed by atoms with Gasteiger partial charge in [0.25, 0.3) is 0 Å². The first kappa shape index (κ1) is 29.4. The highest BCUT2D eigenvalue weighted by Gasteiger charge is 2.56. The number of fused-ring (bicyclic) bond motifs is 12. The first-order valence-electron chi connectivity index (χ1n) is 18.4. The maximum absolute atomic E-state index is 7.15. The lowest BCUT2D eigenvalue weighted by Crippen LogP contribution is -2.32. The third-order valence-corrected chi connectivity index (χ3v) is 11.6. The van der Waals surface area contributed by atoms with Crippen molar-refractivity contribution >= 4 is 16.9 Å². The van der Waals surface area contributed by atoms with Gasteiger partial charge < -0.3 is 14.4 Å². The minimum atomic E-state index is -0.324. The molecule has 0 saturated carbocycles. The van der Waals surface area contributed by atoms with Gasteiger partial charge in [0.05, 0.1) is 16.8 Å². The fourth-order valence-electron chi connectivity index (χ4n) is 9.52. The van der Waals surface area contributed by atoms with Crippen LogP contribution in [-0.4, -0.2) is 0 Å². The minimum absolute atomic E-state index is 0.290. The quantitative estimate of drug-likeness (QED) is 0.186. The zero-order valence-electron chi connectivity index (χ0n) is 28.6. The van der Waals surface area contributed by atoms with Crippen LogP contribution in [0.1, 0.15) is 41.5 Å². The Morgan fingerprint density at radius 3 is 2.13 bits per heavy atom. The topological polar surface area (TPSA) is 21.7 Å². The number of allylic oxidation sites excluding steroid dienone is 7. The molecule has 52 heavy (non-hydrogen) atoms. The Morgan fingerprint density at radius 2 is 1.29 bits per heavy atom. The van der Waals surface area contributed by atoms with Crippen molar-refractivity contribution < 1.29 is 9.47 Å². The molecule has 0 radical (unpaired) electrons. The van der Waals surface area contributed by atoms with E-state index in [1.807, 2.05) is 6.07 Å². The molecule has 1 aliphatic heterocycles. The van der Waals surface area contributed by atoms with Crippen LogP contribution >= 0.6 is 0 Å². The number of hydrogen-bond donors (Lipinski definition) is 0. The van der Waals surface area contributed by atoms with Gasteiger partial charge >= 0.3 is 0 Å². The summed E-state index contributed by atoms with van der Waals surface area (Å²) in [6.45, 7) is 0. The van der Waals surface area contributed by atoms with Gasteiger partial charge in [-0.2, -0.15) is 0 Å². The van der Waals surface area contributed by atoms with Crippen molar-refractivity contribution in [3.8, 4) is 45.3 Å². The lowest BCUT2D eigenvalue weighted by atomic mass is 9.65. The second-order valence-corrected chi connectivity index (χ2v) is 14.2. The molecule has 3 heteroatoms. The summed E-state index contributed by atoms with van der Waals surface area (Å²) in [5.41, 5.74) is 14.4. The van der Waals surface area contributed by atoms with Crippen molar-refractivity contribution in [2.24, 2.45) is 5.92 Å². The molecule has 6 aromatic rings. The molecule has 0 aromatic heterocycles. The zero-order valence-corrected chi connectivity index (χ0v) is 28.6. The molecule has 248 valence electrons. The normalized spacial score (nSPS) is 19.6. The summed E-state index contributed by atoms with van der Waals surface area (Å²) in [6, 6.07) is 48.0. The molecular weight excluding hydrogens is 635 g/mol. The molecule has 0 N–H and O–H groups in total. The monoisotopic (exact) mass is 669 g/mol. The maximum Gasteiger partial charge on any atom is 0.194 e. The van der Waals surface area contributed by atoms with Crippen LogP contribution in [0.25, 0.3) is 27.8 Å². The van der Waals surface area contributed by atoms with Gasteiger partial charge in [-0.05, 0) is 100 Å². The van der Waals surface area contributed by atoms with Crippen LogP contribution in [0.2, 0.25) is 0 Å². The average Bonchev–Trinajstić information content (AvgIpc) is 3.67. The molecule has 6 aromatic carbocycles. The second-order valence-electron chi connectivity index (χ2n) is 14.2. The highest BCUT2D eigenvalue weighted by Crippen LogP contribution is 2.67. The van der Waals surface area contributed by atoms with Crippen LogP contribution < -0.4 is 14.4 Å². The molecular formula is C49H35NO2. The summed E-state index contributed by atoms with van der Waals surface area (Å²) >= 11 is 0. The maximum atomic E-state index is 7.15. The zero-order chi connectivity index (χ0) is 34.2. The Balaban J connectivity index is 1.10. The number of rotatable bonds is 4. The standard InChI is InChI=1S/C49H35NO2/c1-3-16-32(17-4-1)34-20-10-14-27-43(34)50(33-18-5-2-6-19-33)44-28-15-29-45-48(44)52-47-31-42-38(30-46(47)51-45)37-23-9-13-26-41(37)49(42)39-24-11-7-21-35(39)36-22-8-12-25-40(36)49/h1,3-5,7-24,26-31,40H,2,6,25H2. The Hall–Kier alpha value is -6.32. The number of anilines is 2. The highest BCUT2D eigenvalue weighted by atomic mass is 16.6. The highest BCUT2D eigenvalue weighted by molar-refractivity contribution is 5.94. The summed E-state index contributed by atoms with van der Waals surface area (Å²) in [4.78, 5) is 2.34. The van der Waals surface area contributed by atoms with E-state index in [4.69, 9.17) is 9.47 Å². The molecule has 0 bridgehead atoms. The number of benzene rings is 6. The van der Waals surface area contributed by atoms with E-state index in [9.17, 15) is 0 Å². The Bertz CT molecular complexity index is 2570. The summed E-state index contributed by atoms with van der Waals surface area (Å²) < 4.78 is 14.0. The van der Waals surface area contributed by atoms with Gasteiger partial charge in [-0.25, -0.2) is 0 Å². The Morgan fingerprint density at radius 1 is 0.558 bits per heavy atom. The predicted octanol–water partition coefficient (Wildman–Crippen LogP) is 12.9. The molecule has 3 nitrogen and oxygen atoms in total. The van der Waals surface area contributed by atoms with Crippen LogP contribution in [0.3, 0.4) is 0 Å². The summed E-state index contributed by atoms with van der Waals surface area (Å²) in [7, 11) is 0. The van der Waals surface area contributed by atoms with Gasteiger partial charge in [-0.1, -0.05) is 134 Å². The van der Waals surface area contributed by atoms with E-state index in [1.54, 1.807) is 0 Å². The van der Waals surface area contributed by atoms with Gasteiger partial charge in [-0.15, -0.1) is 0 Å². The van der Waals surface area contributed by atoms with Crippen LogP contribution in [0, 0.1) is 5.92 Å². The summed E-state index contributed by atoms with van der Waals surface area (Å²) in [6.07, 6.45) is 16.7. The van der Waals surface area contributed by atoms with Gasteiger partial charge in [0.15, 0.2) is 23.0 Å². The van der Waals surface area contributed by atoms with E-state index in [2.05, 4.69) is 169 Å². The lowest BCUT2D eigenvalue weighted by Gasteiger charge is -2.36. The van der Waals surface area contributed by atoms with Crippen LogP contribution in [0.4, 0.5) is 11.4 Å². The third kappa shape index (κ3) is 4.08. The van der Waals surface area contributed by atoms with Crippen molar-refractivity contribution in [1.29, 1.82) is 0 Å². The predicted molar refractivity (Wildman–Crippen MR) is 210 cm³/mol. The molecule has 2 unspecified atom stereocenters. The SMILES string of the molecule is C1=CCC2C(=C1)c1ccccc1C21c2ccccc2-c2cc3c(cc21)Oc1c(cccc1N(C1=CCCC=C1)c1ccccc1-c1ccccc1)O3. The third-order valence-electron chi connectivity index (χ3n) is 11.6. The van der Waals surface area contributed by atoms with Crippen LogP contribution in [0.15, 0.2) is 176 Å². The fraction of sp³-hybridized carbons (Fsp3) is 0.102. The van der Waals surface area contributed by atoms with E-state index >= 15 is 0 Å². The summed E-state index contributed by atoms with van der Waals surface area (Å²) in [5, 5.41) is 0. The van der Waals surface area contributed by atoms with Crippen LogP contribution in [-0.2, 0) is 5.41 Å². The molecule has 4 aliphatic carbocycles. The van der Waals surface area contributed by atoms with Crippen molar-refractivity contribution in [3.05, 3.63) is 198 Å². The minimum Gasteiger partial charge on any atom is -0.449 e. The average molecular weight is 670 g/mol. The van der Waals surface area contributed by atoms with E-state index in [0.29, 0.717) is 5.75 Å². The smallest absolute Gasteiger partial charge is 0.194 e. The molecule has 0 amide bonds. The molecule has 0 saturated heterocycles. The van der Waals surface area contributed by atoms with Crippen molar-refractivity contribution in [2.45, 2.75) is 24.7 Å². The first-order valence-corrected chi connectivity index (χ1v) is 18.4. The lowest BCUT2D eigenvalue weighted by molar-refractivity contribution is 0.359. The van der Waals surface area contributed by atoms with Gasteiger partial charge in [0, 0.05) is 17.2 Å². The molecule has 5 aliphatic rings. The number of ether oxygens (including phenoxy) is 2. The number of nitrogens with zero attached hydrogens (tertiary/aromatic N) is 1. The Labute approximate surface area is 304 Å². The molecule has 1 spiro atoms. The largest absolute Gasteiger partial charge is 0.449 e. The van der Waals surface area contributed by atoms with Crippen molar-refractivity contribution in [2.75, 3.05) is 4.90 Å². The first-order chi connectivity index (χ1) is 25.8. The van der Waals surface area contributed by atoms with E-state index < -0.39 is 0 Å². The van der Waals surface area contributed by atoms with Gasteiger partial charge in [-0.3, -0.25) is 0 Å². The number of para-hydroxylation sites is 2. The Kier molecular flexibility index (Phi) is 6.42. The van der Waals surface area contributed by atoms with E-state index in [0.717, 1.165) is 59.1 Å². The molecule has 1 heterocycles. The molecule has 0 fully saturated rings. The fourth-order valence-corrected chi connectivity index (χ4v) is 9.52. The van der Waals surface area contributed by atoms with Gasteiger partial charge in [0.1, 0.15) is 0 Å². The molecule has 11 rings (SSSR count). The molecule has 2 atom stereocenters. The van der Waals surface area contributed by atoms with Gasteiger partial charge in [0.2, 0.25) is 0 Å². The summed E-state index contributed by atoms with van der Waals surface area (Å²) in [5.74, 6) is 3.21. The van der Waals surface area contributed by atoms with E-state index in [-0.39, 0.29) is 11.3 Å². The van der Waals surface area contributed by atoms with Crippen LogP contribution in [0.5, 0.6) is 23.0 Å². The number of hydrogen-bond acceptors (Lipinski definition) is 3. The second kappa shape index (κ2) is 11.3. The van der Waals surface area contributed by atoms with Crippen molar-refractivity contribution in [3.63, 3.8) is 0 Å². The van der Waals surface area contributed by atoms with E-state index in [1.165, 1.54) is 44.5 Å². The van der Waals surface area contributed by atoms with Crippen molar-refractivity contribution in [1.82, 2.24) is 0 Å².